The summed E-state index contributed by atoms with van der Waals surface area (Å²) in [6.45, 7) is 3.77. The van der Waals surface area contributed by atoms with Crippen LogP contribution in [0.4, 0.5) is 5.69 Å². The van der Waals surface area contributed by atoms with Crippen molar-refractivity contribution in [3.8, 4) is 0 Å². The summed E-state index contributed by atoms with van der Waals surface area (Å²) in [5, 5.41) is 2.86. The van der Waals surface area contributed by atoms with Gasteiger partial charge in [-0.05, 0) is 32.0 Å². The molecule has 4 nitrogen and oxygen atoms in total. The number of nitrogens with one attached hydrogen (secondary N) is 1. The number of anilines is 1. The normalized spacial score (nSPS) is 12.4. The van der Waals surface area contributed by atoms with Gasteiger partial charge in [-0.1, -0.05) is 0 Å². The van der Waals surface area contributed by atoms with E-state index in [9.17, 15) is 4.79 Å². The first kappa shape index (κ1) is 11.7. The van der Waals surface area contributed by atoms with Crippen molar-refractivity contribution < 1.29 is 9.21 Å². The number of furan rings is 1. The molecule has 0 bridgehead atoms. The minimum Gasteiger partial charge on any atom is -0.467 e. The van der Waals surface area contributed by atoms with Crippen LogP contribution in [0.25, 0.3) is 0 Å². The Kier molecular flexibility index (Phi) is 3.19. The second-order valence-corrected chi connectivity index (χ2v) is 5.09. The zero-order valence-corrected chi connectivity index (χ0v) is 10.5. The monoisotopic (exact) mass is 250 g/mol. The maximum absolute atomic E-state index is 11.9. The van der Waals surface area contributed by atoms with E-state index in [0.29, 0.717) is 10.6 Å². The summed E-state index contributed by atoms with van der Waals surface area (Å²) in [6, 6.07) is 5.18. The van der Waals surface area contributed by atoms with E-state index in [1.54, 1.807) is 18.4 Å². The molecule has 1 unspecified atom stereocenters. The Morgan fingerprint density at radius 2 is 2.35 bits per heavy atom. The quantitative estimate of drug-likeness (QED) is 0.880. The van der Waals surface area contributed by atoms with Crippen molar-refractivity contribution >= 4 is 22.9 Å². The first-order chi connectivity index (χ1) is 8.08. The van der Waals surface area contributed by atoms with Crippen LogP contribution in [0.15, 0.2) is 28.9 Å². The van der Waals surface area contributed by atoms with E-state index >= 15 is 0 Å². The number of aryl methyl sites for hydroxylation is 1. The van der Waals surface area contributed by atoms with Crippen LogP contribution < -0.4 is 11.1 Å². The number of amides is 1. The van der Waals surface area contributed by atoms with Gasteiger partial charge in [-0.3, -0.25) is 4.79 Å². The van der Waals surface area contributed by atoms with Gasteiger partial charge in [-0.2, -0.15) is 0 Å². The molecule has 0 fully saturated rings. The van der Waals surface area contributed by atoms with Crippen LogP contribution in [0.2, 0.25) is 0 Å². The van der Waals surface area contributed by atoms with Crippen molar-refractivity contribution in [2.75, 3.05) is 5.73 Å². The Labute approximate surface area is 103 Å². The van der Waals surface area contributed by atoms with Gasteiger partial charge >= 0.3 is 0 Å². The Balaban J connectivity index is 2.07. The maximum Gasteiger partial charge on any atom is 0.262 e. The average Bonchev–Trinajstić information content (AvgIpc) is 2.89. The molecule has 17 heavy (non-hydrogen) atoms. The molecule has 3 N–H and O–H groups in total. The van der Waals surface area contributed by atoms with Gasteiger partial charge in [0.1, 0.15) is 5.76 Å². The summed E-state index contributed by atoms with van der Waals surface area (Å²) >= 11 is 1.39. The fourth-order valence-electron chi connectivity index (χ4n) is 1.48. The molecular formula is C12H14N2O2S. The van der Waals surface area contributed by atoms with Crippen LogP contribution in [-0.4, -0.2) is 5.91 Å². The highest BCUT2D eigenvalue weighted by atomic mass is 32.1. The number of hydrogen-bond acceptors (Lipinski definition) is 4. The van der Waals surface area contributed by atoms with E-state index in [1.165, 1.54) is 11.3 Å². The molecule has 0 aliphatic carbocycles. The summed E-state index contributed by atoms with van der Waals surface area (Å²) in [4.78, 5) is 13.5. The predicted molar refractivity (Wildman–Crippen MR) is 68.1 cm³/mol. The predicted octanol–water partition coefficient (Wildman–Crippen LogP) is 2.72. The molecule has 90 valence electrons. The number of thiophene rings is 1. The molecule has 0 spiro atoms. The highest BCUT2D eigenvalue weighted by molar-refractivity contribution is 7.14. The number of nitrogens with two attached hydrogens (primary N) is 1. The van der Waals surface area contributed by atoms with Crippen molar-refractivity contribution in [3.63, 3.8) is 0 Å². The van der Waals surface area contributed by atoms with Gasteiger partial charge in [0.15, 0.2) is 0 Å². The van der Waals surface area contributed by atoms with E-state index in [1.807, 2.05) is 19.9 Å². The van der Waals surface area contributed by atoms with Gasteiger partial charge in [-0.15, -0.1) is 11.3 Å². The number of nitrogen functional groups attached to an aromatic ring is 1. The van der Waals surface area contributed by atoms with Gasteiger partial charge in [0.2, 0.25) is 0 Å². The molecular weight excluding hydrogens is 236 g/mol. The van der Waals surface area contributed by atoms with E-state index in [4.69, 9.17) is 10.2 Å². The SMILES string of the molecule is Cc1sc(C(=O)NC(C)c2ccco2)cc1N. The van der Waals surface area contributed by atoms with Crippen LogP contribution in [0.1, 0.15) is 33.3 Å². The molecule has 0 radical (unpaired) electrons. The largest absolute Gasteiger partial charge is 0.467 e. The smallest absolute Gasteiger partial charge is 0.262 e. The lowest BCUT2D eigenvalue weighted by Gasteiger charge is -2.09. The molecule has 2 aromatic heterocycles. The highest BCUT2D eigenvalue weighted by Gasteiger charge is 2.15. The second-order valence-electron chi connectivity index (χ2n) is 3.83. The molecule has 0 saturated heterocycles. The summed E-state index contributed by atoms with van der Waals surface area (Å²) in [6.07, 6.45) is 1.59. The molecule has 0 aliphatic heterocycles. The first-order valence-electron chi connectivity index (χ1n) is 5.28. The molecule has 0 aliphatic rings. The standard InChI is InChI=1S/C12H14N2O2S/c1-7(10-4-3-5-16-10)14-12(15)11-6-9(13)8(2)17-11/h3-7H,13H2,1-2H3,(H,14,15). The molecule has 2 aromatic rings. The van der Waals surface area contributed by atoms with Crippen LogP contribution >= 0.6 is 11.3 Å². The zero-order valence-electron chi connectivity index (χ0n) is 9.69. The molecule has 1 atom stereocenters. The lowest BCUT2D eigenvalue weighted by atomic mass is 10.2. The third kappa shape index (κ3) is 2.50. The lowest BCUT2D eigenvalue weighted by molar-refractivity contribution is 0.0939. The van der Waals surface area contributed by atoms with E-state index in [-0.39, 0.29) is 11.9 Å². The minimum atomic E-state index is -0.152. The summed E-state index contributed by atoms with van der Waals surface area (Å²) in [5.41, 5.74) is 6.37. The van der Waals surface area contributed by atoms with Crippen LogP contribution in [0, 0.1) is 6.92 Å². The third-order valence-corrected chi connectivity index (χ3v) is 3.56. The van der Waals surface area contributed by atoms with E-state index in [2.05, 4.69) is 5.32 Å². The molecule has 1 amide bonds. The van der Waals surface area contributed by atoms with Crippen molar-refractivity contribution in [1.82, 2.24) is 5.32 Å². The van der Waals surface area contributed by atoms with Gasteiger partial charge in [0.25, 0.3) is 5.91 Å². The first-order valence-corrected chi connectivity index (χ1v) is 6.09. The van der Waals surface area contributed by atoms with Gasteiger partial charge in [-0.25, -0.2) is 0 Å². The van der Waals surface area contributed by atoms with Crippen molar-refractivity contribution in [1.29, 1.82) is 0 Å². The molecule has 0 saturated carbocycles. The van der Waals surface area contributed by atoms with Crippen LogP contribution in [-0.2, 0) is 0 Å². The third-order valence-electron chi connectivity index (χ3n) is 2.50. The molecule has 2 heterocycles. The highest BCUT2D eigenvalue weighted by Crippen LogP contribution is 2.24. The number of carbonyl (C=O) groups excluding carboxylic acids is 1. The number of carbonyl (C=O) groups is 1. The van der Waals surface area contributed by atoms with E-state index in [0.717, 1.165) is 10.6 Å². The molecule has 2 rings (SSSR count). The zero-order chi connectivity index (χ0) is 12.4. The second kappa shape index (κ2) is 4.63. The van der Waals surface area contributed by atoms with Crippen molar-refractivity contribution in [2.24, 2.45) is 0 Å². The summed E-state index contributed by atoms with van der Waals surface area (Å²) in [5.74, 6) is 0.610. The van der Waals surface area contributed by atoms with E-state index < -0.39 is 0 Å². The number of rotatable bonds is 3. The van der Waals surface area contributed by atoms with Crippen LogP contribution in [0.5, 0.6) is 0 Å². The van der Waals surface area contributed by atoms with Gasteiger partial charge in [0.05, 0.1) is 17.2 Å². The van der Waals surface area contributed by atoms with Gasteiger partial charge < -0.3 is 15.5 Å². The fraction of sp³-hybridized carbons (Fsp3) is 0.250. The van der Waals surface area contributed by atoms with Gasteiger partial charge in [0, 0.05) is 10.6 Å². The Morgan fingerprint density at radius 3 is 2.88 bits per heavy atom. The molecule has 0 aromatic carbocycles. The Morgan fingerprint density at radius 1 is 1.59 bits per heavy atom. The fourth-order valence-corrected chi connectivity index (χ4v) is 2.33. The maximum atomic E-state index is 11.9. The Hall–Kier alpha value is -1.75. The lowest BCUT2D eigenvalue weighted by Crippen LogP contribution is -2.25. The molecule has 5 heteroatoms. The Bertz CT molecular complexity index is 497. The topological polar surface area (TPSA) is 68.3 Å². The van der Waals surface area contributed by atoms with Crippen LogP contribution in [0.3, 0.4) is 0 Å². The summed E-state index contributed by atoms with van der Waals surface area (Å²) in [7, 11) is 0. The average molecular weight is 250 g/mol. The summed E-state index contributed by atoms with van der Waals surface area (Å²) < 4.78 is 5.22. The van der Waals surface area contributed by atoms with Crippen molar-refractivity contribution in [3.05, 3.63) is 40.0 Å². The van der Waals surface area contributed by atoms with Crippen molar-refractivity contribution in [2.45, 2.75) is 19.9 Å². The minimum absolute atomic E-state index is 0.126. The number of hydrogen-bond donors (Lipinski definition) is 2.